The Morgan fingerprint density at radius 2 is 2.07 bits per heavy atom. The van der Waals surface area contributed by atoms with Gasteiger partial charge in [0.1, 0.15) is 0 Å². The van der Waals surface area contributed by atoms with Crippen LogP contribution in [0.15, 0.2) is 30.3 Å². The van der Waals surface area contributed by atoms with Crippen LogP contribution >= 0.6 is 0 Å². The van der Waals surface area contributed by atoms with Gasteiger partial charge in [0.05, 0.1) is 0 Å². The van der Waals surface area contributed by atoms with E-state index in [-0.39, 0.29) is 0 Å². The summed E-state index contributed by atoms with van der Waals surface area (Å²) in [5.74, 6) is 0.929. The zero-order valence-electron chi connectivity index (χ0n) is 9.26. The molecule has 1 aliphatic rings. The minimum Gasteiger partial charge on any atom is -0.396 e. The van der Waals surface area contributed by atoms with Crippen LogP contribution in [0.3, 0.4) is 0 Å². The van der Waals surface area contributed by atoms with Crippen molar-refractivity contribution in [2.24, 2.45) is 5.92 Å². The molecule has 1 N–H and O–H groups in total. The summed E-state index contributed by atoms with van der Waals surface area (Å²) in [5.41, 5.74) is 1.38. The molecule has 82 valence electrons. The lowest BCUT2D eigenvalue weighted by Gasteiger charge is -2.36. The number of hydrogen-bond acceptors (Lipinski definition) is 2. The van der Waals surface area contributed by atoms with Crippen LogP contribution in [0, 0.1) is 5.92 Å². The van der Waals surface area contributed by atoms with Crippen LogP contribution in [0.5, 0.6) is 0 Å². The van der Waals surface area contributed by atoms with Crippen LogP contribution < -0.4 is 0 Å². The van der Waals surface area contributed by atoms with Crippen LogP contribution in [0.2, 0.25) is 0 Å². The molecule has 0 bridgehead atoms. The van der Waals surface area contributed by atoms with Gasteiger partial charge in [-0.15, -0.1) is 0 Å². The molecule has 1 aromatic rings. The highest BCUT2D eigenvalue weighted by molar-refractivity contribution is 5.21. The third-order valence-electron chi connectivity index (χ3n) is 3.40. The van der Waals surface area contributed by atoms with Crippen molar-refractivity contribution < 1.29 is 5.11 Å². The molecule has 0 unspecified atom stereocenters. The van der Waals surface area contributed by atoms with Crippen molar-refractivity contribution in [3.8, 4) is 0 Å². The fourth-order valence-corrected chi connectivity index (χ4v) is 2.54. The third-order valence-corrected chi connectivity index (χ3v) is 3.40. The smallest absolute Gasteiger partial charge is 0.0477 e. The Kier molecular flexibility index (Phi) is 3.39. The second kappa shape index (κ2) is 4.77. The zero-order chi connectivity index (χ0) is 10.7. The maximum absolute atomic E-state index is 9.41. The third kappa shape index (κ3) is 2.39. The average Bonchev–Trinajstić information content (AvgIpc) is 2.30. The van der Waals surface area contributed by atoms with Crippen LogP contribution in [0.25, 0.3) is 0 Å². The Balaban J connectivity index is 2.14. The Labute approximate surface area is 91.5 Å². The van der Waals surface area contributed by atoms with E-state index >= 15 is 0 Å². The lowest BCUT2D eigenvalue weighted by molar-refractivity contribution is 0.118. The maximum Gasteiger partial charge on any atom is 0.0477 e. The number of aliphatic hydroxyl groups excluding tert-OH is 1. The van der Waals surface area contributed by atoms with E-state index in [9.17, 15) is 5.11 Å². The van der Waals surface area contributed by atoms with Crippen molar-refractivity contribution in [1.29, 1.82) is 0 Å². The van der Waals surface area contributed by atoms with E-state index in [1.165, 1.54) is 5.56 Å². The van der Waals surface area contributed by atoms with Crippen molar-refractivity contribution >= 4 is 0 Å². The van der Waals surface area contributed by atoms with Gasteiger partial charge in [-0.2, -0.15) is 0 Å². The molecule has 1 heterocycles. The lowest BCUT2D eigenvalue weighted by Crippen LogP contribution is -2.38. The normalized spacial score (nSPS) is 27.9. The molecule has 0 saturated carbocycles. The predicted octanol–water partition coefficient (Wildman–Crippen LogP) is 1.71. The van der Waals surface area contributed by atoms with Gasteiger partial charge in [-0.25, -0.2) is 0 Å². The summed E-state index contributed by atoms with van der Waals surface area (Å²) < 4.78 is 0. The largest absolute Gasteiger partial charge is 0.396 e. The van der Waals surface area contributed by atoms with Gasteiger partial charge in [-0.3, -0.25) is 0 Å². The van der Waals surface area contributed by atoms with Crippen LogP contribution in [0.4, 0.5) is 0 Å². The second-order valence-corrected chi connectivity index (χ2v) is 4.51. The quantitative estimate of drug-likeness (QED) is 0.794. The number of benzene rings is 1. The van der Waals surface area contributed by atoms with E-state index in [0.717, 1.165) is 19.5 Å². The summed E-state index contributed by atoms with van der Waals surface area (Å²) in [7, 11) is 2.13. The molecule has 0 spiro atoms. The molecule has 0 aliphatic carbocycles. The van der Waals surface area contributed by atoms with E-state index in [0.29, 0.717) is 18.4 Å². The van der Waals surface area contributed by atoms with Crippen molar-refractivity contribution in [2.45, 2.75) is 12.3 Å². The SMILES string of the molecule is CN1CC[C@H](c2ccccc2)[C@H](CO)C1. The number of nitrogens with zero attached hydrogens (tertiary/aromatic N) is 1. The molecule has 1 aromatic carbocycles. The molecule has 2 rings (SSSR count). The molecule has 15 heavy (non-hydrogen) atoms. The molecule has 1 fully saturated rings. The zero-order valence-corrected chi connectivity index (χ0v) is 9.26. The minimum atomic E-state index is 0.296. The molecular formula is C13H19NO. The Morgan fingerprint density at radius 1 is 1.33 bits per heavy atom. The highest BCUT2D eigenvalue weighted by Gasteiger charge is 2.27. The van der Waals surface area contributed by atoms with Crippen LogP contribution in [-0.2, 0) is 0 Å². The van der Waals surface area contributed by atoms with Crippen molar-refractivity contribution in [3.05, 3.63) is 35.9 Å². The van der Waals surface area contributed by atoms with Gasteiger partial charge < -0.3 is 10.0 Å². The van der Waals surface area contributed by atoms with Crippen molar-refractivity contribution in [1.82, 2.24) is 4.90 Å². The molecule has 2 heteroatoms. The molecule has 2 nitrogen and oxygen atoms in total. The maximum atomic E-state index is 9.41. The highest BCUT2D eigenvalue weighted by atomic mass is 16.3. The van der Waals surface area contributed by atoms with Gasteiger partial charge in [0, 0.05) is 19.1 Å². The number of hydrogen-bond donors (Lipinski definition) is 1. The van der Waals surface area contributed by atoms with Crippen molar-refractivity contribution in [3.63, 3.8) is 0 Å². The molecule has 0 radical (unpaired) electrons. The Hall–Kier alpha value is -0.860. The highest BCUT2D eigenvalue weighted by Crippen LogP contribution is 2.31. The molecule has 0 amide bonds. The Morgan fingerprint density at radius 3 is 2.73 bits per heavy atom. The predicted molar refractivity (Wildman–Crippen MR) is 61.9 cm³/mol. The first-order chi connectivity index (χ1) is 7.31. The first-order valence-corrected chi connectivity index (χ1v) is 5.65. The molecule has 1 saturated heterocycles. The van der Waals surface area contributed by atoms with E-state index < -0.39 is 0 Å². The fourth-order valence-electron chi connectivity index (χ4n) is 2.54. The summed E-state index contributed by atoms with van der Waals surface area (Å²) in [6, 6.07) is 10.6. The van der Waals surface area contributed by atoms with Gasteiger partial charge in [-0.05, 0) is 31.5 Å². The average molecular weight is 205 g/mol. The summed E-state index contributed by atoms with van der Waals surface area (Å²) in [6.45, 7) is 2.44. The lowest BCUT2D eigenvalue weighted by atomic mass is 9.81. The molecule has 1 aliphatic heterocycles. The van der Waals surface area contributed by atoms with E-state index in [4.69, 9.17) is 0 Å². The summed E-state index contributed by atoms with van der Waals surface area (Å²) in [5, 5.41) is 9.41. The van der Waals surface area contributed by atoms with Gasteiger partial charge in [-0.1, -0.05) is 30.3 Å². The van der Waals surface area contributed by atoms with E-state index in [1.807, 2.05) is 6.07 Å². The summed E-state index contributed by atoms with van der Waals surface area (Å²) in [6.07, 6.45) is 1.16. The van der Waals surface area contributed by atoms with E-state index in [2.05, 4.69) is 36.2 Å². The summed E-state index contributed by atoms with van der Waals surface area (Å²) >= 11 is 0. The van der Waals surface area contributed by atoms with Crippen LogP contribution in [0.1, 0.15) is 17.9 Å². The number of likely N-dealkylation sites (tertiary alicyclic amines) is 1. The van der Waals surface area contributed by atoms with Gasteiger partial charge in [0.2, 0.25) is 0 Å². The molecule has 2 atom stereocenters. The van der Waals surface area contributed by atoms with Crippen LogP contribution in [-0.4, -0.2) is 36.8 Å². The number of rotatable bonds is 2. The molecular weight excluding hydrogens is 186 g/mol. The van der Waals surface area contributed by atoms with Gasteiger partial charge in [0.25, 0.3) is 0 Å². The van der Waals surface area contributed by atoms with Crippen molar-refractivity contribution in [2.75, 3.05) is 26.7 Å². The van der Waals surface area contributed by atoms with E-state index in [1.54, 1.807) is 0 Å². The first kappa shape index (κ1) is 10.7. The first-order valence-electron chi connectivity index (χ1n) is 5.65. The monoisotopic (exact) mass is 205 g/mol. The number of aliphatic hydroxyl groups is 1. The van der Waals surface area contributed by atoms with Gasteiger partial charge in [0.15, 0.2) is 0 Å². The fraction of sp³-hybridized carbons (Fsp3) is 0.538. The standard InChI is InChI=1S/C13H19NO/c1-14-8-7-13(12(9-14)10-15)11-5-3-2-4-6-11/h2-6,12-13,15H,7-10H2,1H3/t12-,13+/m0/s1. The number of piperidine rings is 1. The second-order valence-electron chi connectivity index (χ2n) is 4.51. The Bertz CT molecular complexity index is 299. The molecule has 0 aromatic heterocycles. The summed E-state index contributed by atoms with van der Waals surface area (Å²) in [4.78, 5) is 2.31. The topological polar surface area (TPSA) is 23.5 Å². The minimum absolute atomic E-state index is 0.296. The van der Waals surface area contributed by atoms with Gasteiger partial charge >= 0.3 is 0 Å².